The molecule has 1 rings (SSSR count). The van der Waals surface area contributed by atoms with E-state index in [9.17, 15) is 8.42 Å². The molecular weight excluding hydrogens is 275 g/mol. The first-order chi connectivity index (χ1) is 7.38. The highest BCUT2D eigenvalue weighted by molar-refractivity contribution is 7.88. The third-order valence-corrected chi connectivity index (χ3v) is 2.69. The number of aromatic nitrogens is 1. The summed E-state index contributed by atoms with van der Waals surface area (Å²) >= 11 is 11.4. The molecule has 0 saturated carbocycles. The minimum atomic E-state index is -3.20. The largest absolute Gasteiger partial charge is 0.475 e. The molecular formula is C8H10Cl2N2O3S. The summed E-state index contributed by atoms with van der Waals surface area (Å²) in [6.45, 7) is 0.293. The van der Waals surface area contributed by atoms with E-state index in [4.69, 9.17) is 27.9 Å². The van der Waals surface area contributed by atoms with Crippen molar-refractivity contribution in [3.8, 4) is 5.88 Å². The Morgan fingerprint density at radius 2 is 2.19 bits per heavy atom. The van der Waals surface area contributed by atoms with Crippen LogP contribution in [0.25, 0.3) is 0 Å². The lowest BCUT2D eigenvalue weighted by atomic mass is 10.5. The zero-order chi connectivity index (χ0) is 12.2. The molecule has 0 atom stereocenters. The average Bonchev–Trinajstić information content (AvgIpc) is 2.13. The lowest BCUT2D eigenvalue weighted by molar-refractivity contribution is 0.311. The SMILES string of the molecule is CS(=O)(=O)NCCOc1ncc(Cl)cc1Cl. The second kappa shape index (κ2) is 5.67. The van der Waals surface area contributed by atoms with E-state index in [1.807, 2.05) is 0 Å². The average molecular weight is 285 g/mol. The molecule has 1 aromatic heterocycles. The number of ether oxygens (including phenoxy) is 1. The predicted molar refractivity (Wildman–Crippen MR) is 62.6 cm³/mol. The van der Waals surface area contributed by atoms with E-state index in [-0.39, 0.29) is 24.1 Å². The molecule has 1 heterocycles. The molecule has 8 heteroatoms. The van der Waals surface area contributed by atoms with Crippen molar-refractivity contribution < 1.29 is 13.2 Å². The molecule has 1 aromatic rings. The molecule has 0 aliphatic carbocycles. The van der Waals surface area contributed by atoms with Gasteiger partial charge in [-0.1, -0.05) is 23.2 Å². The lowest BCUT2D eigenvalue weighted by Crippen LogP contribution is -2.27. The molecule has 0 aliphatic rings. The monoisotopic (exact) mass is 284 g/mol. The van der Waals surface area contributed by atoms with Gasteiger partial charge in [-0.3, -0.25) is 0 Å². The Morgan fingerprint density at radius 1 is 1.50 bits per heavy atom. The highest BCUT2D eigenvalue weighted by Crippen LogP contribution is 2.24. The second-order valence-electron chi connectivity index (χ2n) is 2.96. The van der Waals surface area contributed by atoms with Gasteiger partial charge in [-0.05, 0) is 6.07 Å². The van der Waals surface area contributed by atoms with Crippen molar-refractivity contribution in [2.75, 3.05) is 19.4 Å². The smallest absolute Gasteiger partial charge is 0.232 e. The van der Waals surface area contributed by atoms with Crippen molar-refractivity contribution in [1.29, 1.82) is 0 Å². The number of hydrogen-bond acceptors (Lipinski definition) is 4. The number of nitrogens with one attached hydrogen (secondary N) is 1. The van der Waals surface area contributed by atoms with E-state index in [0.717, 1.165) is 6.26 Å². The highest BCUT2D eigenvalue weighted by atomic mass is 35.5. The van der Waals surface area contributed by atoms with Crippen LogP contribution in [0.2, 0.25) is 10.0 Å². The van der Waals surface area contributed by atoms with Crippen LogP contribution in [0.5, 0.6) is 5.88 Å². The van der Waals surface area contributed by atoms with Crippen LogP contribution < -0.4 is 9.46 Å². The topological polar surface area (TPSA) is 68.3 Å². The summed E-state index contributed by atoms with van der Waals surface area (Å²) in [7, 11) is -3.20. The van der Waals surface area contributed by atoms with Crippen molar-refractivity contribution in [3.63, 3.8) is 0 Å². The molecule has 0 fully saturated rings. The zero-order valence-electron chi connectivity index (χ0n) is 8.41. The van der Waals surface area contributed by atoms with Gasteiger partial charge in [-0.25, -0.2) is 18.1 Å². The maximum Gasteiger partial charge on any atom is 0.232 e. The van der Waals surface area contributed by atoms with Gasteiger partial charge in [0.25, 0.3) is 0 Å². The van der Waals surface area contributed by atoms with Crippen molar-refractivity contribution >= 4 is 33.2 Å². The molecule has 5 nitrogen and oxygen atoms in total. The van der Waals surface area contributed by atoms with Crippen LogP contribution in [0.3, 0.4) is 0 Å². The number of nitrogens with zero attached hydrogens (tertiary/aromatic N) is 1. The molecule has 0 bridgehead atoms. The minimum absolute atomic E-state index is 0.140. The summed E-state index contributed by atoms with van der Waals surface area (Å²) in [4.78, 5) is 3.85. The fraction of sp³-hybridized carbons (Fsp3) is 0.375. The highest BCUT2D eigenvalue weighted by Gasteiger charge is 2.04. The maximum absolute atomic E-state index is 10.7. The Kier molecular flexibility index (Phi) is 4.79. The van der Waals surface area contributed by atoms with Crippen LogP contribution in [0, 0.1) is 0 Å². The molecule has 0 spiro atoms. The molecule has 0 unspecified atom stereocenters. The quantitative estimate of drug-likeness (QED) is 0.828. The minimum Gasteiger partial charge on any atom is -0.475 e. The Bertz CT molecular complexity index is 464. The predicted octanol–water partition coefficient (Wildman–Crippen LogP) is 1.32. The van der Waals surface area contributed by atoms with Gasteiger partial charge in [-0.2, -0.15) is 0 Å². The standard InChI is InChI=1S/C8H10Cl2N2O3S/c1-16(13,14)12-2-3-15-8-7(10)4-6(9)5-11-8/h4-5,12H,2-3H2,1H3. The van der Waals surface area contributed by atoms with E-state index in [1.165, 1.54) is 12.3 Å². The number of halogens is 2. The van der Waals surface area contributed by atoms with Crippen molar-refractivity contribution in [1.82, 2.24) is 9.71 Å². The first-order valence-electron chi connectivity index (χ1n) is 4.27. The number of pyridine rings is 1. The Balaban J connectivity index is 2.43. The van der Waals surface area contributed by atoms with Crippen LogP contribution in [-0.4, -0.2) is 32.8 Å². The van der Waals surface area contributed by atoms with Crippen molar-refractivity contribution in [3.05, 3.63) is 22.3 Å². The van der Waals surface area contributed by atoms with Crippen LogP contribution in [0.4, 0.5) is 0 Å². The summed E-state index contributed by atoms with van der Waals surface area (Å²) in [6, 6.07) is 1.50. The van der Waals surface area contributed by atoms with E-state index in [1.54, 1.807) is 0 Å². The van der Waals surface area contributed by atoms with E-state index >= 15 is 0 Å². The summed E-state index contributed by atoms with van der Waals surface area (Å²) in [6.07, 6.45) is 2.47. The number of rotatable bonds is 5. The van der Waals surface area contributed by atoms with Gasteiger partial charge in [0, 0.05) is 12.7 Å². The zero-order valence-corrected chi connectivity index (χ0v) is 10.7. The summed E-state index contributed by atoms with van der Waals surface area (Å²) in [5.74, 6) is 0.223. The van der Waals surface area contributed by atoms with Gasteiger partial charge in [-0.15, -0.1) is 0 Å². The molecule has 0 amide bonds. The Hall–Kier alpha value is -0.560. The fourth-order valence-electron chi connectivity index (χ4n) is 0.883. The van der Waals surface area contributed by atoms with Gasteiger partial charge in [0.15, 0.2) is 0 Å². The summed E-state index contributed by atoms with van der Waals surface area (Å²) in [5, 5.41) is 0.693. The molecule has 0 radical (unpaired) electrons. The summed E-state index contributed by atoms with van der Waals surface area (Å²) in [5.41, 5.74) is 0. The first-order valence-corrected chi connectivity index (χ1v) is 6.92. The molecule has 0 aliphatic heterocycles. The number of sulfonamides is 1. The van der Waals surface area contributed by atoms with Crippen LogP contribution in [0.1, 0.15) is 0 Å². The second-order valence-corrected chi connectivity index (χ2v) is 5.63. The van der Waals surface area contributed by atoms with Crippen LogP contribution in [0.15, 0.2) is 12.3 Å². The van der Waals surface area contributed by atoms with E-state index in [2.05, 4.69) is 9.71 Å². The van der Waals surface area contributed by atoms with E-state index < -0.39 is 10.0 Å². The van der Waals surface area contributed by atoms with Crippen molar-refractivity contribution in [2.45, 2.75) is 0 Å². The molecule has 16 heavy (non-hydrogen) atoms. The normalized spacial score (nSPS) is 11.4. The van der Waals surface area contributed by atoms with Crippen LogP contribution >= 0.6 is 23.2 Å². The number of hydrogen-bond donors (Lipinski definition) is 1. The van der Waals surface area contributed by atoms with Crippen molar-refractivity contribution in [2.24, 2.45) is 0 Å². The third kappa shape index (κ3) is 4.98. The third-order valence-electron chi connectivity index (χ3n) is 1.48. The molecule has 1 N–H and O–H groups in total. The van der Waals surface area contributed by atoms with Gasteiger partial charge >= 0.3 is 0 Å². The fourth-order valence-corrected chi connectivity index (χ4v) is 1.77. The van der Waals surface area contributed by atoms with Gasteiger partial charge in [0.1, 0.15) is 11.6 Å². The van der Waals surface area contributed by atoms with E-state index in [0.29, 0.717) is 5.02 Å². The van der Waals surface area contributed by atoms with Gasteiger partial charge in [0.05, 0.1) is 11.3 Å². The molecule has 0 aromatic carbocycles. The molecule has 90 valence electrons. The van der Waals surface area contributed by atoms with Gasteiger partial charge < -0.3 is 4.74 Å². The maximum atomic E-state index is 10.7. The van der Waals surface area contributed by atoms with Crippen LogP contribution in [-0.2, 0) is 10.0 Å². The lowest BCUT2D eigenvalue weighted by Gasteiger charge is -2.06. The molecule has 0 saturated heterocycles. The Morgan fingerprint density at radius 3 is 2.75 bits per heavy atom. The van der Waals surface area contributed by atoms with Gasteiger partial charge in [0.2, 0.25) is 15.9 Å². The Labute approximate surface area is 104 Å². The summed E-state index contributed by atoms with van der Waals surface area (Å²) < 4.78 is 28.9. The first kappa shape index (κ1) is 13.5.